The third-order valence-electron chi connectivity index (χ3n) is 4.65. The Kier molecular flexibility index (Phi) is 5.43. The fourth-order valence-corrected chi connectivity index (χ4v) is 3.43. The average Bonchev–Trinajstić information content (AvgIpc) is 3.06. The van der Waals surface area contributed by atoms with Crippen LogP contribution in [0.3, 0.4) is 0 Å². The van der Waals surface area contributed by atoms with E-state index in [1.54, 1.807) is 24.1 Å². The van der Waals surface area contributed by atoms with E-state index in [-0.39, 0.29) is 5.91 Å². The molecule has 0 saturated carbocycles. The summed E-state index contributed by atoms with van der Waals surface area (Å²) in [4.78, 5) is 15.0. The number of amides is 1. The summed E-state index contributed by atoms with van der Waals surface area (Å²) in [5.74, 6) is 0.665. The van der Waals surface area contributed by atoms with Gasteiger partial charge in [-0.2, -0.15) is 0 Å². The van der Waals surface area contributed by atoms with E-state index in [0.29, 0.717) is 15.6 Å². The lowest BCUT2D eigenvalue weighted by Gasteiger charge is -2.21. The van der Waals surface area contributed by atoms with Gasteiger partial charge in [-0.1, -0.05) is 47.5 Å². The molecule has 0 spiro atoms. The number of carbonyl (C=O) groups excluding carboxylic acids is 1. The summed E-state index contributed by atoms with van der Waals surface area (Å²) in [6.07, 6.45) is 3.76. The first kappa shape index (κ1) is 19.3. The maximum Gasteiger partial charge on any atom is 0.262 e. The number of ether oxygens (including phenoxy) is 1. The molecule has 29 heavy (non-hydrogen) atoms. The van der Waals surface area contributed by atoms with Crippen LogP contribution in [0.5, 0.6) is 5.75 Å². The lowest BCUT2D eigenvalue weighted by molar-refractivity contribution is -0.113. The molecule has 0 fully saturated rings. The minimum absolute atomic E-state index is 0.104. The summed E-state index contributed by atoms with van der Waals surface area (Å²) in [5.41, 5.74) is 3.94. The summed E-state index contributed by atoms with van der Waals surface area (Å²) in [7, 11) is 1.62. The highest BCUT2D eigenvalue weighted by Gasteiger charge is 2.30. The maximum absolute atomic E-state index is 13.3. The van der Waals surface area contributed by atoms with Crippen molar-refractivity contribution in [3.05, 3.63) is 106 Å². The smallest absolute Gasteiger partial charge is 0.262 e. The number of hydrogen-bond donors (Lipinski definition) is 0. The van der Waals surface area contributed by atoms with Crippen LogP contribution < -0.4 is 9.64 Å². The van der Waals surface area contributed by atoms with Gasteiger partial charge in [-0.05, 0) is 71.8 Å². The number of nitrogens with zero attached hydrogens (tertiary/aromatic N) is 1. The minimum Gasteiger partial charge on any atom is -0.497 e. The summed E-state index contributed by atoms with van der Waals surface area (Å²) < 4.78 is 5.20. The predicted molar refractivity (Wildman–Crippen MR) is 119 cm³/mol. The van der Waals surface area contributed by atoms with Gasteiger partial charge in [-0.25, -0.2) is 0 Å². The van der Waals surface area contributed by atoms with Crippen molar-refractivity contribution < 1.29 is 9.53 Å². The molecule has 0 aromatic heterocycles. The number of benzene rings is 3. The number of halogens is 2. The van der Waals surface area contributed by atoms with Crippen molar-refractivity contribution in [1.29, 1.82) is 0 Å². The van der Waals surface area contributed by atoms with Gasteiger partial charge in [0.25, 0.3) is 5.91 Å². The van der Waals surface area contributed by atoms with Crippen LogP contribution in [0.15, 0.2) is 84.4 Å². The minimum atomic E-state index is -0.104. The van der Waals surface area contributed by atoms with Gasteiger partial charge in [0.15, 0.2) is 0 Å². The lowest BCUT2D eigenvalue weighted by atomic mass is 10.1. The van der Waals surface area contributed by atoms with Crippen LogP contribution in [-0.4, -0.2) is 13.0 Å². The van der Waals surface area contributed by atoms with E-state index in [1.807, 2.05) is 72.8 Å². The molecule has 0 aliphatic carbocycles. The van der Waals surface area contributed by atoms with Crippen molar-refractivity contribution in [2.45, 2.75) is 0 Å². The van der Waals surface area contributed by atoms with Gasteiger partial charge in [0.2, 0.25) is 0 Å². The van der Waals surface area contributed by atoms with Crippen molar-refractivity contribution in [1.82, 2.24) is 0 Å². The molecule has 0 N–H and O–H groups in total. The Morgan fingerprint density at radius 2 is 1.41 bits per heavy atom. The van der Waals surface area contributed by atoms with Gasteiger partial charge >= 0.3 is 0 Å². The van der Waals surface area contributed by atoms with Crippen molar-refractivity contribution in [2.75, 3.05) is 12.0 Å². The van der Waals surface area contributed by atoms with Gasteiger partial charge in [-0.3, -0.25) is 9.69 Å². The molecule has 144 valence electrons. The summed E-state index contributed by atoms with van der Waals surface area (Å²) in [6.45, 7) is 0. The zero-order valence-electron chi connectivity index (χ0n) is 15.6. The molecular formula is C24H17Cl2NO2. The average molecular weight is 422 g/mol. The van der Waals surface area contributed by atoms with Gasteiger partial charge in [0.1, 0.15) is 5.75 Å². The van der Waals surface area contributed by atoms with Gasteiger partial charge in [0.05, 0.1) is 12.8 Å². The van der Waals surface area contributed by atoms with Crippen LogP contribution in [-0.2, 0) is 4.79 Å². The fraction of sp³-hybridized carbons (Fsp3) is 0.0417. The molecule has 3 nitrogen and oxygen atoms in total. The highest BCUT2D eigenvalue weighted by atomic mass is 35.5. The molecule has 0 atom stereocenters. The summed E-state index contributed by atoms with van der Waals surface area (Å²) >= 11 is 12.1. The molecule has 0 radical (unpaired) electrons. The zero-order valence-corrected chi connectivity index (χ0v) is 17.1. The molecule has 4 rings (SSSR count). The lowest BCUT2D eigenvalue weighted by Crippen LogP contribution is -2.24. The Bertz CT molecular complexity index is 1100. The third kappa shape index (κ3) is 4.07. The molecule has 1 aliphatic rings. The topological polar surface area (TPSA) is 29.5 Å². The van der Waals surface area contributed by atoms with Gasteiger partial charge in [-0.15, -0.1) is 0 Å². The molecule has 1 heterocycles. The van der Waals surface area contributed by atoms with E-state index in [9.17, 15) is 4.79 Å². The largest absolute Gasteiger partial charge is 0.497 e. The van der Waals surface area contributed by atoms with Crippen molar-refractivity contribution in [3.8, 4) is 5.75 Å². The standard InChI is InChI=1S/C24H17Cl2NO2/c1-29-22-12-2-16(3-13-22)14-18-15-23(17-4-6-19(25)7-5-17)27(24(18)28)21-10-8-20(26)9-11-21/h2-15H,1H3/b18-14-. The second kappa shape index (κ2) is 8.16. The van der Waals surface area contributed by atoms with E-state index < -0.39 is 0 Å². The summed E-state index contributed by atoms with van der Waals surface area (Å²) in [6, 6.07) is 22.2. The first-order valence-corrected chi connectivity index (χ1v) is 9.74. The van der Waals surface area contributed by atoms with Crippen LogP contribution in [0.1, 0.15) is 11.1 Å². The van der Waals surface area contributed by atoms with Crippen LogP contribution in [0.25, 0.3) is 11.8 Å². The van der Waals surface area contributed by atoms with E-state index in [2.05, 4.69) is 0 Å². The quantitative estimate of drug-likeness (QED) is 0.451. The Labute approximate surface area is 179 Å². The third-order valence-corrected chi connectivity index (χ3v) is 5.15. The highest BCUT2D eigenvalue weighted by Crippen LogP contribution is 2.36. The molecule has 3 aromatic carbocycles. The fourth-order valence-electron chi connectivity index (χ4n) is 3.17. The van der Waals surface area contributed by atoms with Crippen molar-refractivity contribution in [3.63, 3.8) is 0 Å². The number of carbonyl (C=O) groups is 1. The number of rotatable bonds is 4. The van der Waals surface area contributed by atoms with Crippen LogP contribution >= 0.6 is 23.2 Å². The monoisotopic (exact) mass is 421 g/mol. The zero-order chi connectivity index (χ0) is 20.4. The second-order valence-electron chi connectivity index (χ2n) is 6.53. The van der Waals surface area contributed by atoms with E-state index >= 15 is 0 Å². The molecule has 1 amide bonds. The maximum atomic E-state index is 13.3. The molecule has 0 unspecified atom stereocenters. The van der Waals surface area contributed by atoms with Gasteiger partial charge < -0.3 is 4.74 Å². The molecular weight excluding hydrogens is 405 g/mol. The van der Waals surface area contributed by atoms with Crippen LogP contribution in [0.2, 0.25) is 10.0 Å². The van der Waals surface area contributed by atoms with Crippen molar-refractivity contribution in [2.24, 2.45) is 0 Å². The Morgan fingerprint density at radius 1 is 0.828 bits per heavy atom. The first-order chi connectivity index (χ1) is 14.0. The Balaban J connectivity index is 1.78. The number of anilines is 1. The normalized spacial score (nSPS) is 15.0. The molecule has 0 bridgehead atoms. The van der Waals surface area contributed by atoms with Crippen LogP contribution in [0.4, 0.5) is 5.69 Å². The second-order valence-corrected chi connectivity index (χ2v) is 7.40. The van der Waals surface area contributed by atoms with E-state index in [0.717, 1.165) is 28.3 Å². The van der Waals surface area contributed by atoms with Gasteiger partial charge in [0, 0.05) is 21.3 Å². The van der Waals surface area contributed by atoms with E-state index in [4.69, 9.17) is 27.9 Å². The Morgan fingerprint density at radius 3 is 2.00 bits per heavy atom. The van der Waals surface area contributed by atoms with Crippen molar-refractivity contribution >= 4 is 46.6 Å². The number of hydrogen-bond acceptors (Lipinski definition) is 2. The van der Waals surface area contributed by atoms with E-state index in [1.165, 1.54) is 0 Å². The molecule has 1 aliphatic heterocycles. The molecule has 5 heteroatoms. The molecule has 3 aromatic rings. The highest BCUT2D eigenvalue weighted by molar-refractivity contribution is 6.31. The Hall–Kier alpha value is -3.01. The van der Waals surface area contributed by atoms with Crippen LogP contribution in [0, 0.1) is 0 Å². The number of methoxy groups -OCH3 is 1. The molecule has 0 saturated heterocycles. The SMILES string of the molecule is COc1ccc(/C=C2/C=C(c3ccc(Cl)cc3)N(c3ccc(Cl)cc3)C2=O)cc1. The predicted octanol–water partition coefficient (Wildman–Crippen LogP) is 6.47. The summed E-state index contributed by atoms with van der Waals surface area (Å²) in [5, 5.41) is 1.26. The first-order valence-electron chi connectivity index (χ1n) is 8.98.